The van der Waals surface area contributed by atoms with Crippen molar-refractivity contribution < 1.29 is 4.74 Å². The number of hydrogen-bond donors (Lipinski definition) is 0. The van der Waals surface area contributed by atoms with Gasteiger partial charge >= 0.3 is 0 Å². The van der Waals surface area contributed by atoms with Crippen molar-refractivity contribution in [1.29, 1.82) is 0 Å². The molecule has 0 radical (unpaired) electrons. The Morgan fingerprint density at radius 2 is 2.04 bits per heavy atom. The lowest BCUT2D eigenvalue weighted by molar-refractivity contribution is 0.200. The molecule has 0 spiro atoms. The summed E-state index contributed by atoms with van der Waals surface area (Å²) in [6.07, 6.45) is 4.23. The summed E-state index contributed by atoms with van der Waals surface area (Å²) in [7, 11) is 0. The summed E-state index contributed by atoms with van der Waals surface area (Å²) in [5.74, 6) is 1.55. The summed E-state index contributed by atoms with van der Waals surface area (Å²) in [5.41, 5.74) is 0.923. The number of likely N-dealkylation sites (tertiary alicyclic amines) is 1. The van der Waals surface area contributed by atoms with E-state index in [1.54, 1.807) is 0 Å². The third kappa shape index (κ3) is 3.11. The van der Waals surface area contributed by atoms with Gasteiger partial charge in [0.25, 0.3) is 5.19 Å². The second kappa shape index (κ2) is 6.82. The number of ether oxygens (including phenoxy) is 1. The van der Waals surface area contributed by atoms with Crippen LogP contribution < -0.4 is 4.74 Å². The maximum absolute atomic E-state index is 5.39. The topological polar surface area (TPSA) is 68.4 Å². The zero-order chi connectivity index (χ0) is 16.4. The molecule has 0 aliphatic carbocycles. The number of fused-ring (bicyclic) bond motifs is 1. The summed E-state index contributed by atoms with van der Waals surface area (Å²) >= 11 is 1.54. The van der Waals surface area contributed by atoms with Crippen molar-refractivity contribution >= 4 is 17.0 Å². The number of aromatic nitrogens is 5. The minimum atomic E-state index is 0.465. The Kier molecular flexibility index (Phi) is 4.40. The van der Waals surface area contributed by atoms with Gasteiger partial charge in [0.1, 0.15) is 10.8 Å². The van der Waals surface area contributed by atoms with Crippen LogP contribution in [0.1, 0.15) is 36.5 Å². The number of rotatable bonds is 5. The highest BCUT2D eigenvalue weighted by Crippen LogP contribution is 2.28. The first kappa shape index (κ1) is 15.5. The highest BCUT2D eigenvalue weighted by atomic mass is 32.1. The number of piperidine rings is 1. The molecule has 0 N–H and O–H groups in total. The van der Waals surface area contributed by atoms with Crippen molar-refractivity contribution in [2.75, 3.05) is 19.7 Å². The molecule has 7 nitrogen and oxygen atoms in total. The molecule has 0 atom stereocenters. The van der Waals surface area contributed by atoms with Gasteiger partial charge in [-0.05, 0) is 45.0 Å². The summed E-state index contributed by atoms with van der Waals surface area (Å²) in [5, 5.41) is 18.6. The molecule has 0 bridgehead atoms. The van der Waals surface area contributed by atoms with Crippen molar-refractivity contribution in [3.8, 4) is 5.19 Å². The van der Waals surface area contributed by atoms with E-state index in [9.17, 15) is 0 Å². The molecule has 4 heterocycles. The van der Waals surface area contributed by atoms with E-state index < -0.39 is 0 Å². The minimum Gasteiger partial charge on any atom is -0.469 e. The van der Waals surface area contributed by atoms with Gasteiger partial charge in [0.05, 0.1) is 13.2 Å². The van der Waals surface area contributed by atoms with Gasteiger partial charge in [-0.3, -0.25) is 9.30 Å². The maximum atomic E-state index is 5.39. The fourth-order valence-corrected chi connectivity index (χ4v) is 3.95. The van der Waals surface area contributed by atoms with Crippen LogP contribution in [0.5, 0.6) is 5.19 Å². The van der Waals surface area contributed by atoms with E-state index in [2.05, 4.69) is 29.7 Å². The summed E-state index contributed by atoms with van der Waals surface area (Å²) in [6, 6.07) is 6.02. The number of hydrogen-bond acceptors (Lipinski definition) is 7. The van der Waals surface area contributed by atoms with E-state index in [1.807, 2.05) is 31.3 Å². The van der Waals surface area contributed by atoms with Crippen molar-refractivity contribution in [1.82, 2.24) is 29.7 Å². The smallest absolute Gasteiger partial charge is 0.294 e. The third-order valence-corrected chi connectivity index (χ3v) is 5.19. The van der Waals surface area contributed by atoms with Crippen LogP contribution in [0.25, 0.3) is 5.65 Å². The highest BCUT2D eigenvalue weighted by Gasteiger charge is 2.25. The van der Waals surface area contributed by atoms with E-state index in [-0.39, 0.29) is 0 Å². The molecule has 8 heteroatoms. The molecule has 1 saturated heterocycles. The first-order valence-electron chi connectivity index (χ1n) is 8.30. The Morgan fingerprint density at radius 3 is 2.88 bits per heavy atom. The largest absolute Gasteiger partial charge is 0.469 e. The Balaban J connectivity index is 1.38. The standard InChI is InChI=1S/C16H20N6OS/c1-2-23-16-20-18-14(24-16)11-21-9-6-12(7-10-21)15-19-17-13-5-3-4-8-22(13)15/h3-5,8,12H,2,6-7,9-11H2,1H3. The predicted molar refractivity (Wildman–Crippen MR) is 91.3 cm³/mol. The Hall–Kier alpha value is -2.06. The average molecular weight is 344 g/mol. The third-order valence-electron chi connectivity index (χ3n) is 4.37. The predicted octanol–water partition coefficient (Wildman–Crippen LogP) is 2.36. The van der Waals surface area contributed by atoms with Crippen LogP contribution in [0.2, 0.25) is 0 Å². The van der Waals surface area contributed by atoms with Crippen LogP contribution in [0.4, 0.5) is 0 Å². The van der Waals surface area contributed by atoms with Crippen LogP contribution in [-0.4, -0.2) is 49.4 Å². The van der Waals surface area contributed by atoms with E-state index in [0.29, 0.717) is 17.7 Å². The van der Waals surface area contributed by atoms with Gasteiger partial charge in [-0.2, -0.15) is 0 Å². The zero-order valence-electron chi connectivity index (χ0n) is 13.6. The van der Waals surface area contributed by atoms with Gasteiger partial charge in [0, 0.05) is 12.1 Å². The van der Waals surface area contributed by atoms with Crippen molar-refractivity contribution in [2.24, 2.45) is 0 Å². The van der Waals surface area contributed by atoms with E-state index >= 15 is 0 Å². The molecular weight excluding hydrogens is 324 g/mol. The lowest BCUT2D eigenvalue weighted by Gasteiger charge is -2.30. The molecule has 0 amide bonds. The van der Waals surface area contributed by atoms with E-state index in [4.69, 9.17) is 4.74 Å². The van der Waals surface area contributed by atoms with Gasteiger partial charge in [-0.15, -0.1) is 20.4 Å². The summed E-state index contributed by atoms with van der Waals surface area (Å²) < 4.78 is 7.50. The number of pyridine rings is 1. The van der Waals surface area contributed by atoms with Crippen LogP contribution in [0, 0.1) is 0 Å². The average Bonchev–Trinajstić information content (AvgIpc) is 3.23. The normalized spacial score (nSPS) is 16.7. The van der Waals surface area contributed by atoms with Gasteiger partial charge in [-0.1, -0.05) is 17.4 Å². The summed E-state index contributed by atoms with van der Waals surface area (Å²) in [6.45, 7) is 5.51. The molecule has 0 saturated carbocycles. The molecule has 4 rings (SSSR count). The molecule has 1 aliphatic heterocycles. The molecule has 3 aromatic rings. The van der Waals surface area contributed by atoms with Gasteiger partial charge in [0.15, 0.2) is 5.65 Å². The second-order valence-electron chi connectivity index (χ2n) is 5.93. The van der Waals surface area contributed by atoms with E-state index in [0.717, 1.165) is 49.0 Å². The van der Waals surface area contributed by atoms with Crippen molar-refractivity contribution in [3.05, 3.63) is 35.2 Å². The van der Waals surface area contributed by atoms with Crippen LogP contribution in [0.3, 0.4) is 0 Å². The molecule has 1 fully saturated rings. The van der Waals surface area contributed by atoms with Crippen LogP contribution in [0.15, 0.2) is 24.4 Å². The quantitative estimate of drug-likeness (QED) is 0.708. The fraction of sp³-hybridized carbons (Fsp3) is 0.500. The van der Waals surface area contributed by atoms with Gasteiger partial charge in [-0.25, -0.2) is 0 Å². The molecule has 3 aromatic heterocycles. The zero-order valence-corrected chi connectivity index (χ0v) is 14.4. The second-order valence-corrected chi connectivity index (χ2v) is 6.96. The lowest BCUT2D eigenvalue weighted by atomic mass is 9.96. The molecule has 1 aliphatic rings. The van der Waals surface area contributed by atoms with Crippen LogP contribution in [-0.2, 0) is 6.54 Å². The van der Waals surface area contributed by atoms with E-state index in [1.165, 1.54) is 11.3 Å². The molecule has 24 heavy (non-hydrogen) atoms. The van der Waals surface area contributed by atoms with Gasteiger partial charge in [0.2, 0.25) is 0 Å². The Morgan fingerprint density at radius 1 is 1.17 bits per heavy atom. The minimum absolute atomic E-state index is 0.465. The SMILES string of the molecule is CCOc1nnc(CN2CCC(c3nnc4ccccn34)CC2)s1. The molecule has 0 unspecified atom stereocenters. The fourth-order valence-electron chi connectivity index (χ4n) is 3.16. The first-order chi connectivity index (χ1) is 11.8. The number of nitrogens with zero attached hydrogens (tertiary/aromatic N) is 6. The molecular formula is C16H20N6OS. The first-order valence-corrected chi connectivity index (χ1v) is 9.12. The molecule has 126 valence electrons. The van der Waals surface area contributed by atoms with Crippen molar-refractivity contribution in [3.63, 3.8) is 0 Å². The lowest BCUT2D eigenvalue weighted by Crippen LogP contribution is -2.33. The Labute approximate surface area is 144 Å². The van der Waals surface area contributed by atoms with Crippen LogP contribution >= 0.6 is 11.3 Å². The highest BCUT2D eigenvalue weighted by molar-refractivity contribution is 7.13. The Bertz CT molecular complexity index is 808. The molecule has 0 aromatic carbocycles. The van der Waals surface area contributed by atoms with Gasteiger partial charge < -0.3 is 4.74 Å². The maximum Gasteiger partial charge on any atom is 0.294 e. The summed E-state index contributed by atoms with van der Waals surface area (Å²) in [4.78, 5) is 2.43. The van der Waals surface area contributed by atoms with Crippen molar-refractivity contribution in [2.45, 2.75) is 32.2 Å². The monoisotopic (exact) mass is 344 g/mol.